The molecule has 0 unspecified atom stereocenters. The summed E-state index contributed by atoms with van der Waals surface area (Å²) in [5, 5.41) is 2.68. The third kappa shape index (κ3) is 4.74. The van der Waals surface area contributed by atoms with Gasteiger partial charge in [-0.25, -0.2) is 0 Å². The molecular weight excluding hydrogens is 278 g/mol. The average molecular weight is 297 g/mol. The van der Waals surface area contributed by atoms with Crippen LogP contribution in [0.15, 0.2) is 48.5 Å². The molecule has 0 aliphatic carbocycles. The fourth-order valence-corrected chi connectivity index (χ4v) is 2.06. The number of ether oxygens (including phenoxy) is 1. The Labute approximate surface area is 130 Å². The molecule has 2 rings (SSSR count). The van der Waals surface area contributed by atoms with Crippen molar-refractivity contribution in [2.45, 2.75) is 26.9 Å². The first-order valence-electron chi connectivity index (χ1n) is 7.11. The Morgan fingerprint density at radius 3 is 2.36 bits per heavy atom. The van der Waals surface area contributed by atoms with Crippen molar-refractivity contribution in [3.63, 3.8) is 0 Å². The molecule has 0 fully saturated rings. The van der Waals surface area contributed by atoms with E-state index in [0.29, 0.717) is 5.69 Å². The lowest BCUT2D eigenvalue weighted by Gasteiger charge is -2.08. The maximum Gasteiger partial charge on any atom is 0.310 e. The minimum atomic E-state index is -0.268. The lowest BCUT2D eigenvalue weighted by molar-refractivity contribution is -0.144. The minimum Gasteiger partial charge on any atom is -0.461 e. The Kier molecular flexibility index (Phi) is 5.31. The largest absolute Gasteiger partial charge is 0.461 e. The first-order chi connectivity index (χ1) is 10.5. The fraction of sp³-hybridized carbons (Fsp3) is 0.222. The molecule has 0 atom stereocenters. The van der Waals surface area contributed by atoms with Gasteiger partial charge >= 0.3 is 5.97 Å². The van der Waals surface area contributed by atoms with E-state index < -0.39 is 0 Å². The van der Waals surface area contributed by atoms with E-state index in [-0.39, 0.29) is 24.9 Å². The van der Waals surface area contributed by atoms with Gasteiger partial charge in [0.25, 0.3) is 0 Å². The highest BCUT2D eigenvalue weighted by Gasteiger charge is 2.06. The first-order valence-corrected chi connectivity index (χ1v) is 7.11. The van der Waals surface area contributed by atoms with Crippen molar-refractivity contribution >= 4 is 17.6 Å². The first kappa shape index (κ1) is 15.8. The molecule has 0 radical (unpaired) electrons. The van der Waals surface area contributed by atoms with Crippen molar-refractivity contribution in [1.82, 2.24) is 0 Å². The van der Waals surface area contributed by atoms with Gasteiger partial charge < -0.3 is 10.1 Å². The smallest absolute Gasteiger partial charge is 0.310 e. The molecule has 1 amide bonds. The van der Waals surface area contributed by atoms with Gasteiger partial charge in [-0.2, -0.15) is 0 Å². The van der Waals surface area contributed by atoms with Crippen LogP contribution >= 0.6 is 0 Å². The van der Waals surface area contributed by atoms with Gasteiger partial charge in [0.15, 0.2) is 0 Å². The lowest BCUT2D eigenvalue weighted by Crippen LogP contribution is -2.09. The molecule has 0 heterocycles. The van der Waals surface area contributed by atoms with Crippen LogP contribution in [0.5, 0.6) is 0 Å². The van der Waals surface area contributed by atoms with Gasteiger partial charge in [0, 0.05) is 12.6 Å². The maximum absolute atomic E-state index is 11.9. The molecule has 0 saturated heterocycles. The maximum atomic E-state index is 11.9. The van der Waals surface area contributed by atoms with Crippen molar-refractivity contribution < 1.29 is 14.3 Å². The second-order valence-corrected chi connectivity index (χ2v) is 5.14. The number of hydrogen-bond donors (Lipinski definition) is 1. The summed E-state index contributed by atoms with van der Waals surface area (Å²) in [5.74, 6) is -0.388. The second-order valence-electron chi connectivity index (χ2n) is 5.14. The number of aryl methyl sites for hydroxylation is 1. The van der Waals surface area contributed by atoms with E-state index in [9.17, 15) is 9.59 Å². The molecule has 2 aromatic rings. The summed E-state index contributed by atoms with van der Waals surface area (Å²) in [6, 6.07) is 15.0. The highest BCUT2D eigenvalue weighted by molar-refractivity contribution is 5.88. The molecule has 114 valence electrons. The predicted octanol–water partition coefficient (Wildman–Crippen LogP) is 3.24. The summed E-state index contributed by atoms with van der Waals surface area (Å²) >= 11 is 0. The monoisotopic (exact) mass is 297 g/mol. The molecule has 0 aromatic heterocycles. The van der Waals surface area contributed by atoms with E-state index in [2.05, 4.69) is 5.32 Å². The van der Waals surface area contributed by atoms with E-state index in [1.54, 1.807) is 24.3 Å². The summed E-state index contributed by atoms with van der Waals surface area (Å²) < 4.78 is 5.30. The molecule has 1 N–H and O–H groups in total. The topological polar surface area (TPSA) is 55.4 Å². The van der Waals surface area contributed by atoms with Crippen LogP contribution < -0.4 is 5.32 Å². The number of esters is 1. The van der Waals surface area contributed by atoms with E-state index in [1.807, 2.05) is 31.2 Å². The number of amides is 1. The van der Waals surface area contributed by atoms with Crippen molar-refractivity contribution in [2.24, 2.45) is 0 Å². The van der Waals surface area contributed by atoms with Gasteiger partial charge in [0.05, 0.1) is 6.42 Å². The van der Waals surface area contributed by atoms with Crippen LogP contribution in [0, 0.1) is 6.92 Å². The zero-order chi connectivity index (χ0) is 15.9. The normalized spacial score (nSPS) is 10.1. The molecule has 4 heteroatoms. The molecule has 4 nitrogen and oxygen atoms in total. The number of hydrogen-bond acceptors (Lipinski definition) is 3. The predicted molar refractivity (Wildman–Crippen MR) is 85.4 cm³/mol. The summed E-state index contributed by atoms with van der Waals surface area (Å²) in [4.78, 5) is 22.8. The molecule has 0 saturated carbocycles. The summed E-state index contributed by atoms with van der Waals surface area (Å²) in [7, 11) is 0. The van der Waals surface area contributed by atoms with Crippen LogP contribution in [0.25, 0.3) is 0 Å². The molecule has 2 aromatic carbocycles. The number of nitrogens with one attached hydrogen (secondary N) is 1. The van der Waals surface area contributed by atoms with Gasteiger partial charge in [-0.15, -0.1) is 0 Å². The van der Waals surface area contributed by atoms with E-state index in [4.69, 9.17) is 4.74 Å². The molecule has 0 aliphatic heterocycles. The third-order valence-electron chi connectivity index (χ3n) is 3.27. The van der Waals surface area contributed by atoms with Gasteiger partial charge in [-0.05, 0) is 35.7 Å². The summed E-state index contributed by atoms with van der Waals surface area (Å²) in [6.45, 7) is 3.73. The number of carbonyl (C=O) groups excluding carboxylic acids is 2. The van der Waals surface area contributed by atoms with Crippen molar-refractivity contribution in [3.05, 3.63) is 65.2 Å². The number of rotatable bonds is 5. The van der Waals surface area contributed by atoms with Crippen LogP contribution in [-0.2, 0) is 27.4 Å². The number of benzene rings is 2. The minimum absolute atomic E-state index is 0.120. The average Bonchev–Trinajstić information content (AvgIpc) is 2.48. The van der Waals surface area contributed by atoms with Crippen molar-refractivity contribution in [1.29, 1.82) is 0 Å². The summed E-state index contributed by atoms with van der Waals surface area (Å²) in [6.07, 6.45) is 0.215. The molecule has 0 bridgehead atoms. The third-order valence-corrected chi connectivity index (χ3v) is 3.27. The van der Waals surface area contributed by atoms with E-state index >= 15 is 0 Å². The van der Waals surface area contributed by atoms with Crippen LogP contribution in [-0.4, -0.2) is 11.9 Å². The lowest BCUT2D eigenvalue weighted by atomic mass is 10.1. The van der Waals surface area contributed by atoms with E-state index in [1.165, 1.54) is 6.92 Å². The molecular formula is C18H19NO3. The summed E-state index contributed by atoms with van der Waals surface area (Å²) in [5.41, 5.74) is 3.68. The van der Waals surface area contributed by atoms with Gasteiger partial charge in [0.2, 0.25) is 5.91 Å². The molecule has 0 aliphatic rings. The number of carbonyl (C=O) groups is 2. The highest BCUT2D eigenvalue weighted by atomic mass is 16.5. The standard InChI is InChI=1S/C18H19NO3/c1-13-5-3-4-6-16(13)12-22-18(21)11-15-7-9-17(10-8-15)19-14(2)20/h3-10H,11-12H2,1-2H3,(H,19,20). The molecule has 22 heavy (non-hydrogen) atoms. The quantitative estimate of drug-likeness (QED) is 0.862. The van der Waals surface area contributed by atoms with Crippen LogP contribution in [0.3, 0.4) is 0 Å². The second kappa shape index (κ2) is 7.41. The van der Waals surface area contributed by atoms with Gasteiger partial charge in [0.1, 0.15) is 6.61 Å². The zero-order valence-electron chi connectivity index (χ0n) is 12.8. The Morgan fingerprint density at radius 1 is 1.05 bits per heavy atom. The zero-order valence-corrected chi connectivity index (χ0v) is 12.8. The Balaban J connectivity index is 1.87. The fourth-order valence-electron chi connectivity index (χ4n) is 2.06. The highest BCUT2D eigenvalue weighted by Crippen LogP contribution is 2.12. The number of anilines is 1. The van der Waals surface area contributed by atoms with Crippen LogP contribution in [0.4, 0.5) is 5.69 Å². The SMILES string of the molecule is CC(=O)Nc1ccc(CC(=O)OCc2ccccc2C)cc1. The Hall–Kier alpha value is -2.62. The van der Waals surface area contributed by atoms with Crippen molar-refractivity contribution in [2.75, 3.05) is 5.32 Å². The molecule has 0 spiro atoms. The Bertz CT molecular complexity index is 662. The van der Waals surface area contributed by atoms with Crippen LogP contribution in [0.2, 0.25) is 0 Å². The van der Waals surface area contributed by atoms with Crippen LogP contribution in [0.1, 0.15) is 23.6 Å². The van der Waals surface area contributed by atoms with Crippen molar-refractivity contribution in [3.8, 4) is 0 Å². The van der Waals surface area contributed by atoms with Gasteiger partial charge in [-0.1, -0.05) is 36.4 Å². The van der Waals surface area contributed by atoms with E-state index in [0.717, 1.165) is 16.7 Å². The van der Waals surface area contributed by atoms with Gasteiger partial charge in [-0.3, -0.25) is 9.59 Å². The Morgan fingerprint density at radius 2 is 1.73 bits per heavy atom.